The molecule has 4 heteroatoms. The van der Waals surface area contributed by atoms with Gasteiger partial charge in [0.25, 0.3) is 0 Å². The summed E-state index contributed by atoms with van der Waals surface area (Å²) < 4.78 is 4.95. The Kier molecular flexibility index (Phi) is 3.77. The number of ether oxygens (including phenoxy) is 1. The highest BCUT2D eigenvalue weighted by Gasteiger charge is 2.32. The van der Waals surface area contributed by atoms with Gasteiger partial charge in [-0.25, -0.2) is 0 Å². The number of nitrogens with zero attached hydrogens (tertiary/aromatic N) is 1. The van der Waals surface area contributed by atoms with Crippen molar-refractivity contribution in [2.75, 3.05) is 0 Å². The van der Waals surface area contributed by atoms with Crippen molar-refractivity contribution in [2.24, 2.45) is 5.92 Å². The van der Waals surface area contributed by atoms with Gasteiger partial charge in [0.05, 0.1) is 11.8 Å². The third-order valence-corrected chi connectivity index (χ3v) is 2.23. The third-order valence-electron chi connectivity index (χ3n) is 2.23. The van der Waals surface area contributed by atoms with Crippen LogP contribution in [0, 0.1) is 12.8 Å². The number of aromatic nitrogens is 1. The molecule has 4 nitrogen and oxygen atoms in total. The number of carbonyl (C=O) groups is 2. The Morgan fingerprint density at radius 3 is 2.56 bits per heavy atom. The molecule has 1 aromatic heterocycles. The average Bonchev–Trinajstić information content (AvgIpc) is 2.30. The summed E-state index contributed by atoms with van der Waals surface area (Å²) in [6.45, 7) is 7.33. The van der Waals surface area contributed by atoms with Crippen LogP contribution < -0.4 is 4.74 Å². The molecule has 16 heavy (non-hydrogen) atoms. The number of Topliss-reactive ketones (excluding diaryl/α,β-unsaturated/α-hetero) is 1. The molecule has 1 aromatic rings. The monoisotopic (exact) mass is 221 g/mol. The van der Waals surface area contributed by atoms with Crippen LogP contribution in [0.15, 0.2) is 12.3 Å². The Morgan fingerprint density at radius 2 is 1.94 bits per heavy atom. The summed E-state index contributed by atoms with van der Waals surface area (Å²) in [5.41, 5.74) is 1.19. The van der Waals surface area contributed by atoms with Crippen LogP contribution in [0.4, 0.5) is 0 Å². The van der Waals surface area contributed by atoms with E-state index in [1.54, 1.807) is 19.9 Å². The molecule has 0 saturated carbocycles. The van der Waals surface area contributed by atoms with Crippen molar-refractivity contribution in [3.8, 4) is 5.75 Å². The summed E-state index contributed by atoms with van der Waals surface area (Å²) in [7, 11) is 0. The fourth-order valence-electron chi connectivity index (χ4n) is 1.36. The zero-order valence-electron chi connectivity index (χ0n) is 9.90. The van der Waals surface area contributed by atoms with Gasteiger partial charge in [-0.3, -0.25) is 14.6 Å². The normalized spacial score (nSPS) is 18.1. The summed E-state index contributed by atoms with van der Waals surface area (Å²) in [5.74, 6) is -1.14. The largest absolute Gasteiger partial charge is 0.424 e. The lowest BCUT2D eigenvalue weighted by Crippen LogP contribution is -2.31. The van der Waals surface area contributed by atoms with E-state index in [-0.39, 0.29) is 11.5 Å². The number of esters is 1. The number of rotatable bonds is 0. The lowest BCUT2D eigenvalue weighted by molar-refractivity contribution is -0.137. The Labute approximate surface area is 94.6 Å². The Bertz CT molecular complexity index is 426. The van der Waals surface area contributed by atoms with E-state index in [0.717, 1.165) is 5.69 Å². The van der Waals surface area contributed by atoms with Crippen molar-refractivity contribution in [1.82, 2.24) is 4.98 Å². The van der Waals surface area contributed by atoms with E-state index < -0.39 is 11.9 Å². The summed E-state index contributed by atoms with van der Waals surface area (Å²) >= 11 is 0. The smallest absolute Gasteiger partial charge is 0.322 e. The zero-order valence-corrected chi connectivity index (χ0v) is 9.90. The first kappa shape index (κ1) is 12.4. The van der Waals surface area contributed by atoms with E-state index in [2.05, 4.69) is 4.98 Å². The predicted molar refractivity (Wildman–Crippen MR) is 59.5 cm³/mol. The molecular formula is C12H15NO3. The van der Waals surface area contributed by atoms with E-state index in [0.29, 0.717) is 5.56 Å². The SMILES string of the molecule is CC.Cc1cc2c(cn1)OC(=O)C(C)C2=O. The van der Waals surface area contributed by atoms with Crippen molar-refractivity contribution in [3.63, 3.8) is 0 Å². The molecule has 2 rings (SSSR count). The van der Waals surface area contributed by atoms with Gasteiger partial charge in [0.1, 0.15) is 5.92 Å². The average molecular weight is 221 g/mol. The molecule has 0 aliphatic carbocycles. The summed E-state index contributed by atoms with van der Waals surface area (Å²) in [6.07, 6.45) is 1.41. The molecule has 86 valence electrons. The number of fused-ring (bicyclic) bond motifs is 1. The Morgan fingerprint density at radius 1 is 1.31 bits per heavy atom. The van der Waals surface area contributed by atoms with Crippen LogP contribution in [-0.2, 0) is 4.79 Å². The first-order valence-corrected chi connectivity index (χ1v) is 5.32. The van der Waals surface area contributed by atoms with Crippen LogP contribution in [0.5, 0.6) is 5.75 Å². The molecule has 2 heterocycles. The lowest BCUT2D eigenvalue weighted by Gasteiger charge is -2.18. The summed E-state index contributed by atoms with van der Waals surface area (Å²) in [6, 6.07) is 1.64. The predicted octanol–water partition coefficient (Wildman–Crippen LogP) is 2.15. The molecule has 0 radical (unpaired) electrons. The van der Waals surface area contributed by atoms with E-state index in [1.165, 1.54) is 6.20 Å². The highest BCUT2D eigenvalue weighted by atomic mass is 16.5. The molecule has 0 saturated heterocycles. The van der Waals surface area contributed by atoms with E-state index in [1.807, 2.05) is 13.8 Å². The van der Waals surface area contributed by atoms with Gasteiger partial charge in [0.15, 0.2) is 11.5 Å². The highest BCUT2D eigenvalue weighted by Crippen LogP contribution is 2.27. The Hall–Kier alpha value is -1.71. The van der Waals surface area contributed by atoms with Crippen molar-refractivity contribution >= 4 is 11.8 Å². The van der Waals surface area contributed by atoms with Gasteiger partial charge < -0.3 is 4.74 Å². The van der Waals surface area contributed by atoms with Crippen molar-refractivity contribution in [2.45, 2.75) is 27.7 Å². The quantitative estimate of drug-likeness (QED) is 0.497. The first-order chi connectivity index (χ1) is 7.59. The van der Waals surface area contributed by atoms with Gasteiger partial charge in [-0.15, -0.1) is 0 Å². The molecule has 0 amide bonds. The van der Waals surface area contributed by atoms with Crippen LogP contribution >= 0.6 is 0 Å². The number of carbonyl (C=O) groups excluding carboxylic acids is 2. The van der Waals surface area contributed by atoms with E-state index >= 15 is 0 Å². The van der Waals surface area contributed by atoms with Gasteiger partial charge >= 0.3 is 5.97 Å². The topological polar surface area (TPSA) is 56.3 Å². The van der Waals surface area contributed by atoms with Gasteiger partial charge in [-0.05, 0) is 19.9 Å². The second kappa shape index (κ2) is 4.88. The van der Waals surface area contributed by atoms with Crippen LogP contribution in [0.2, 0.25) is 0 Å². The minimum Gasteiger partial charge on any atom is -0.424 e. The van der Waals surface area contributed by atoms with E-state index in [4.69, 9.17) is 4.74 Å². The van der Waals surface area contributed by atoms with Crippen LogP contribution in [0.25, 0.3) is 0 Å². The first-order valence-electron chi connectivity index (χ1n) is 5.32. The summed E-state index contributed by atoms with van der Waals surface area (Å²) in [5, 5.41) is 0. The van der Waals surface area contributed by atoms with Crippen LogP contribution in [0.1, 0.15) is 36.8 Å². The molecule has 0 bridgehead atoms. The van der Waals surface area contributed by atoms with Crippen LogP contribution in [0.3, 0.4) is 0 Å². The summed E-state index contributed by atoms with van der Waals surface area (Å²) in [4.78, 5) is 26.8. The molecular weight excluding hydrogens is 206 g/mol. The molecule has 1 atom stereocenters. The fraction of sp³-hybridized carbons (Fsp3) is 0.417. The number of hydrogen-bond donors (Lipinski definition) is 0. The highest BCUT2D eigenvalue weighted by molar-refractivity contribution is 6.12. The molecule has 0 aromatic carbocycles. The third kappa shape index (κ3) is 2.10. The van der Waals surface area contributed by atoms with Gasteiger partial charge in [0.2, 0.25) is 0 Å². The minimum atomic E-state index is -0.704. The van der Waals surface area contributed by atoms with E-state index in [9.17, 15) is 9.59 Å². The number of ketones is 1. The van der Waals surface area contributed by atoms with Crippen molar-refractivity contribution < 1.29 is 14.3 Å². The number of hydrogen-bond acceptors (Lipinski definition) is 4. The maximum atomic E-state index is 11.7. The maximum absolute atomic E-state index is 11.7. The maximum Gasteiger partial charge on any atom is 0.322 e. The molecule has 1 aliphatic heterocycles. The molecule has 1 unspecified atom stereocenters. The van der Waals surface area contributed by atoms with Crippen molar-refractivity contribution in [1.29, 1.82) is 0 Å². The second-order valence-electron chi connectivity index (χ2n) is 3.33. The van der Waals surface area contributed by atoms with Gasteiger partial charge in [-0.2, -0.15) is 0 Å². The zero-order chi connectivity index (χ0) is 12.3. The van der Waals surface area contributed by atoms with Crippen molar-refractivity contribution in [3.05, 3.63) is 23.5 Å². The molecule has 0 N–H and O–H groups in total. The number of pyridine rings is 1. The molecule has 0 fully saturated rings. The Balaban J connectivity index is 0.000000606. The standard InChI is InChI=1S/C10H9NO3.C2H6/c1-5-3-7-8(4-11-5)14-10(13)6(2)9(7)12;1-2/h3-4,6H,1-2H3;1-2H3. The van der Waals surface area contributed by atoms with Gasteiger partial charge in [0, 0.05) is 5.69 Å². The lowest BCUT2D eigenvalue weighted by atomic mass is 9.97. The number of aryl methyl sites for hydroxylation is 1. The molecule has 1 aliphatic rings. The second-order valence-corrected chi connectivity index (χ2v) is 3.33. The molecule has 0 spiro atoms. The minimum absolute atomic E-state index is 0.193. The van der Waals surface area contributed by atoms with Crippen LogP contribution in [-0.4, -0.2) is 16.7 Å². The van der Waals surface area contributed by atoms with Gasteiger partial charge in [-0.1, -0.05) is 13.8 Å². The fourth-order valence-corrected chi connectivity index (χ4v) is 1.36.